The summed E-state index contributed by atoms with van der Waals surface area (Å²) >= 11 is 0. The predicted octanol–water partition coefficient (Wildman–Crippen LogP) is 2.04. The van der Waals surface area contributed by atoms with Gasteiger partial charge >= 0.3 is 0 Å². The first-order chi connectivity index (χ1) is 12.8. The number of nitrogens with zero attached hydrogens (tertiary/aromatic N) is 1. The van der Waals surface area contributed by atoms with Crippen molar-refractivity contribution in [2.75, 3.05) is 40.1 Å². The van der Waals surface area contributed by atoms with E-state index in [-0.39, 0.29) is 6.79 Å². The number of aliphatic imine (C=N–C) groups is 1. The highest BCUT2D eigenvalue weighted by Gasteiger charge is 2.13. The minimum absolute atomic E-state index is 0.260. The van der Waals surface area contributed by atoms with Crippen molar-refractivity contribution in [2.24, 2.45) is 4.99 Å². The van der Waals surface area contributed by atoms with Crippen molar-refractivity contribution in [3.63, 3.8) is 0 Å². The number of guanidine groups is 1. The molecule has 1 aliphatic heterocycles. The van der Waals surface area contributed by atoms with E-state index in [9.17, 15) is 0 Å². The molecule has 2 aromatic rings. The Bertz CT molecular complexity index is 722. The lowest BCUT2D eigenvalue weighted by Gasteiger charge is -2.13. The third kappa shape index (κ3) is 5.20. The topological polar surface area (TPSA) is 73.3 Å². The van der Waals surface area contributed by atoms with Crippen molar-refractivity contribution in [2.45, 2.75) is 0 Å². The molecule has 26 heavy (non-hydrogen) atoms. The SMILES string of the molecule is CN=C(NCCOc1ccccc1)NCCOc1ccc2c(c1)OCO2. The van der Waals surface area contributed by atoms with E-state index in [0.29, 0.717) is 38.0 Å². The van der Waals surface area contributed by atoms with Crippen molar-refractivity contribution in [1.82, 2.24) is 10.6 Å². The minimum Gasteiger partial charge on any atom is -0.492 e. The largest absolute Gasteiger partial charge is 0.492 e. The van der Waals surface area contributed by atoms with E-state index in [1.807, 2.05) is 48.5 Å². The van der Waals surface area contributed by atoms with Crippen LogP contribution < -0.4 is 29.6 Å². The molecule has 1 aliphatic rings. The van der Waals surface area contributed by atoms with Gasteiger partial charge in [0, 0.05) is 13.1 Å². The number of hydrogen-bond acceptors (Lipinski definition) is 5. The maximum absolute atomic E-state index is 5.70. The molecular formula is C19H23N3O4. The van der Waals surface area contributed by atoms with Gasteiger partial charge in [-0.3, -0.25) is 4.99 Å². The van der Waals surface area contributed by atoms with Crippen LogP contribution >= 0.6 is 0 Å². The van der Waals surface area contributed by atoms with Crippen LogP contribution in [-0.4, -0.2) is 46.1 Å². The Kier molecular flexibility index (Phi) is 6.41. The van der Waals surface area contributed by atoms with Gasteiger partial charge in [0.2, 0.25) is 6.79 Å². The second-order valence-corrected chi connectivity index (χ2v) is 5.45. The molecule has 0 aliphatic carbocycles. The van der Waals surface area contributed by atoms with E-state index in [2.05, 4.69) is 15.6 Å². The van der Waals surface area contributed by atoms with E-state index < -0.39 is 0 Å². The Hall–Kier alpha value is -3.09. The average Bonchev–Trinajstić information content (AvgIpc) is 3.15. The summed E-state index contributed by atoms with van der Waals surface area (Å²) in [6, 6.07) is 15.3. The summed E-state index contributed by atoms with van der Waals surface area (Å²) in [4.78, 5) is 4.17. The van der Waals surface area contributed by atoms with Crippen molar-refractivity contribution in [3.05, 3.63) is 48.5 Å². The third-order valence-corrected chi connectivity index (χ3v) is 3.64. The van der Waals surface area contributed by atoms with Crippen LogP contribution in [0.2, 0.25) is 0 Å². The maximum Gasteiger partial charge on any atom is 0.231 e. The third-order valence-electron chi connectivity index (χ3n) is 3.64. The molecule has 2 aromatic carbocycles. The van der Waals surface area contributed by atoms with Gasteiger partial charge in [-0.05, 0) is 24.3 Å². The number of rotatable bonds is 8. The molecule has 0 amide bonds. The van der Waals surface area contributed by atoms with Gasteiger partial charge in [0.1, 0.15) is 24.7 Å². The van der Waals surface area contributed by atoms with Gasteiger partial charge in [-0.25, -0.2) is 0 Å². The Balaban J connectivity index is 1.30. The van der Waals surface area contributed by atoms with Crippen molar-refractivity contribution in [3.8, 4) is 23.0 Å². The zero-order valence-corrected chi connectivity index (χ0v) is 14.7. The fourth-order valence-electron chi connectivity index (χ4n) is 2.38. The van der Waals surface area contributed by atoms with Crippen LogP contribution in [0, 0.1) is 0 Å². The first-order valence-electron chi connectivity index (χ1n) is 8.50. The Morgan fingerprint density at radius 2 is 1.62 bits per heavy atom. The highest BCUT2D eigenvalue weighted by atomic mass is 16.7. The molecule has 0 atom stereocenters. The Labute approximate surface area is 152 Å². The van der Waals surface area contributed by atoms with E-state index in [0.717, 1.165) is 17.2 Å². The van der Waals surface area contributed by atoms with Crippen LogP contribution in [0.4, 0.5) is 0 Å². The smallest absolute Gasteiger partial charge is 0.231 e. The molecule has 0 saturated heterocycles. The molecule has 138 valence electrons. The summed E-state index contributed by atoms with van der Waals surface area (Å²) < 4.78 is 21.9. The van der Waals surface area contributed by atoms with Gasteiger partial charge in [0.15, 0.2) is 17.5 Å². The number of fused-ring (bicyclic) bond motifs is 1. The van der Waals surface area contributed by atoms with Gasteiger partial charge in [-0.1, -0.05) is 18.2 Å². The summed E-state index contributed by atoms with van der Waals surface area (Å²) in [6.07, 6.45) is 0. The monoisotopic (exact) mass is 357 g/mol. The fraction of sp³-hybridized carbons (Fsp3) is 0.316. The Morgan fingerprint density at radius 3 is 2.35 bits per heavy atom. The highest BCUT2D eigenvalue weighted by molar-refractivity contribution is 5.79. The lowest BCUT2D eigenvalue weighted by atomic mass is 10.3. The van der Waals surface area contributed by atoms with Gasteiger partial charge in [0.25, 0.3) is 0 Å². The highest BCUT2D eigenvalue weighted by Crippen LogP contribution is 2.34. The number of benzene rings is 2. The molecule has 0 spiro atoms. The lowest BCUT2D eigenvalue weighted by Crippen LogP contribution is -2.40. The van der Waals surface area contributed by atoms with E-state index in [4.69, 9.17) is 18.9 Å². The van der Waals surface area contributed by atoms with Crippen molar-refractivity contribution in [1.29, 1.82) is 0 Å². The molecule has 1 heterocycles. The van der Waals surface area contributed by atoms with Gasteiger partial charge in [-0.15, -0.1) is 0 Å². The quantitative estimate of drug-likeness (QED) is 0.428. The van der Waals surface area contributed by atoms with Gasteiger partial charge < -0.3 is 29.6 Å². The lowest BCUT2D eigenvalue weighted by molar-refractivity contribution is 0.173. The van der Waals surface area contributed by atoms with Gasteiger partial charge in [-0.2, -0.15) is 0 Å². The fourth-order valence-corrected chi connectivity index (χ4v) is 2.38. The zero-order valence-electron chi connectivity index (χ0n) is 14.7. The molecule has 0 unspecified atom stereocenters. The first-order valence-corrected chi connectivity index (χ1v) is 8.50. The molecule has 0 aromatic heterocycles. The minimum atomic E-state index is 0.260. The number of nitrogens with one attached hydrogen (secondary N) is 2. The number of para-hydroxylation sites is 1. The molecule has 7 heteroatoms. The van der Waals surface area contributed by atoms with E-state index in [1.54, 1.807) is 7.05 Å². The van der Waals surface area contributed by atoms with E-state index in [1.165, 1.54) is 0 Å². The molecule has 0 radical (unpaired) electrons. The second-order valence-electron chi connectivity index (χ2n) is 5.45. The van der Waals surface area contributed by atoms with Crippen molar-refractivity contribution < 1.29 is 18.9 Å². The Morgan fingerprint density at radius 1 is 0.923 bits per heavy atom. The van der Waals surface area contributed by atoms with Gasteiger partial charge in [0.05, 0.1) is 13.1 Å². The summed E-state index contributed by atoms with van der Waals surface area (Å²) in [7, 11) is 1.73. The van der Waals surface area contributed by atoms with Crippen LogP contribution in [0.3, 0.4) is 0 Å². The maximum atomic E-state index is 5.70. The molecule has 0 saturated carbocycles. The molecule has 3 rings (SSSR count). The standard InChI is InChI=1S/C19H23N3O4/c1-20-19(21-9-11-23-15-5-3-2-4-6-15)22-10-12-24-16-7-8-17-18(13-16)26-14-25-17/h2-8,13H,9-12,14H2,1H3,(H2,20,21,22). The van der Waals surface area contributed by atoms with Crippen LogP contribution in [0.5, 0.6) is 23.0 Å². The summed E-state index contributed by atoms with van der Waals surface area (Å²) in [6.45, 7) is 2.58. The molecule has 7 nitrogen and oxygen atoms in total. The molecular weight excluding hydrogens is 334 g/mol. The first kappa shape index (κ1) is 17.7. The normalized spacial score (nSPS) is 12.6. The van der Waals surface area contributed by atoms with Crippen molar-refractivity contribution >= 4 is 5.96 Å². The second kappa shape index (κ2) is 9.41. The summed E-state index contributed by atoms with van der Waals surface area (Å²) in [5, 5.41) is 6.39. The summed E-state index contributed by atoms with van der Waals surface area (Å²) in [5.41, 5.74) is 0. The number of hydrogen-bond donors (Lipinski definition) is 2. The summed E-state index contributed by atoms with van der Waals surface area (Å²) in [5.74, 6) is 3.77. The van der Waals surface area contributed by atoms with Crippen LogP contribution in [-0.2, 0) is 0 Å². The zero-order chi connectivity index (χ0) is 18.0. The van der Waals surface area contributed by atoms with Crippen LogP contribution in [0.15, 0.2) is 53.5 Å². The average molecular weight is 357 g/mol. The predicted molar refractivity (Wildman–Crippen MR) is 99.4 cm³/mol. The van der Waals surface area contributed by atoms with Crippen LogP contribution in [0.25, 0.3) is 0 Å². The molecule has 2 N–H and O–H groups in total. The van der Waals surface area contributed by atoms with Crippen LogP contribution in [0.1, 0.15) is 0 Å². The molecule has 0 fully saturated rings. The number of ether oxygens (including phenoxy) is 4. The molecule has 0 bridgehead atoms. The van der Waals surface area contributed by atoms with E-state index >= 15 is 0 Å².